The summed E-state index contributed by atoms with van der Waals surface area (Å²) in [7, 11) is 0. The third kappa shape index (κ3) is 4.74. The number of imidazole rings is 1. The number of hydrogen-bond donors (Lipinski definition) is 1. The van der Waals surface area contributed by atoms with Crippen LogP contribution >= 0.6 is 0 Å². The normalized spacial score (nSPS) is 23.8. The number of carbonyl (C=O) groups is 1. The third-order valence-electron chi connectivity index (χ3n) is 5.90. The summed E-state index contributed by atoms with van der Waals surface area (Å²) < 4.78 is 41.6. The largest absolute Gasteiger partial charge is 0.444 e. The van der Waals surface area contributed by atoms with Gasteiger partial charge in [-0.2, -0.15) is 0 Å². The molecule has 3 atom stereocenters. The molecule has 0 saturated carbocycles. The smallest absolute Gasteiger partial charge is 0.408 e. The van der Waals surface area contributed by atoms with Crippen molar-refractivity contribution < 1.29 is 23.0 Å². The van der Waals surface area contributed by atoms with Gasteiger partial charge in [0.1, 0.15) is 11.4 Å². The topological polar surface area (TPSA) is 65.4 Å². The molecular formula is C23H29F2N3O3. The molecule has 1 saturated heterocycles. The molecule has 2 aromatic rings. The molecule has 1 fully saturated rings. The van der Waals surface area contributed by atoms with Crippen molar-refractivity contribution in [3.8, 4) is 0 Å². The Bertz CT molecular complexity index is 948. The molecule has 6 nitrogen and oxygen atoms in total. The van der Waals surface area contributed by atoms with Gasteiger partial charge in [0, 0.05) is 36.9 Å². The maximum atomic E-state index is 14.6. The fourth-order valence-corrected chi connectivity index (χ4v) is 4.46. The van der Waals surface area contributed by atoms with Gasteiger partial charge < -0.3 is 19.4 Å². The van der Waals surface area contributed by atoms with Gasteiger partial charge in [-0.15, -0.1) is 0 Å². The van der Waals surface area contributed by atoms with Gasteiger partial charge in [-0.25, -0.2) is 18.6 Å². The zero-order chi connectivity index (χ0) is 22.2. The first-order valence-corrected chi connectivity index (χ1v) is 10.8. The Morgan fingerprint density at radius 2 is 2.03 bits per heavy atom. The van der Waals surface area contributed by atoms with E-state index < -0.39 is 23.3 Å². The van der Waals surface area contributed by atoms with Crippen molar-refractivity contribution >= 4 is 6.09 Å². The van der Waals surface area contributed by atoms with E-state index in [9.17, 15) is 13.6 Å². The Labute approximate surface area is 180 Å². The Balaban J connectivity index is 1.67. The van der Waals surface area contributed by atoms with Gasteiger partial charge in [-0.1, -0.05) is 12.1 Å². The molecule has 1 aromatic carbocycles. The van der Waals surface area contributed by atoms with E-state index in [1.165, 1.54) is 6.07 Å². The van der Waals surface area contributed by atoms with Crippen LogP contribution in [0.2, 0.25) is 0 Å². The van der Waals surface area contributed by atoms with Crippen LogP contribution in [0.4, 0.5) is 13.6 Å². The Morgan fingerprint density at radius 3 is 2.74 bits per heavy atom. The SMILES string of the molecule is CC(C)(C)OC(=O)N[C@@H]1CC[C@@H](c2cccc(F)c2F)Cn2c(C3CCOC3)cnc21. The van der Waals surface area contributed by atoms with Crippen LogP contribution in [0.5, 0.6) is 0 Å². The van der Waals surface area contributed by atoms with Crippen LogP contribution in [0.15, 0.2) is 24.4 Å². The molecule has 0 bridgehead atoms. The lowest BCUT2D eigenvalue weighted by molar-refractivity contribution is 0.0498. The van der Waals surface area contributed by atoms with Crippen LogP contribution in [0.3, 0.4) is 0 Å². The second-order valence-corrected chi connectivity index (χ2v) is 9.33. The summed E-state index contributed by atoms with van der Waals surface area (Å²) in [6, 6.07) is 3.93. The highest BCUT2D eigenvalue weighted by atomic mass is 19.2. The Morgan fingerprint density at radius 1 is 1.23 bits per heavy atom. The van der Waals surface area contributed by atoms with Crippen LogP contribution in [-0.2, 0) is 16.0 Å². The fraction of sp³-hybridized carbons (Fsp3) is 0.565. The minimum absolute atomic E-state index is 0.194. The second-order valence-electron chi connectivity index (χ2n) is 9.33. The number of rotatable bonds is 3. The van der Waals surface area contributed by atoms with Crippen molar-refractivity contribution in [3.63, 3.8) is 0 Å². The molecule has 2 aliphatic heterocycles. The van der Waals surface area contributed by atoms with Crippen LogP contribution in [0.1, 0.15) is 75.0 Å². The summed E-state index contributed by atoms with van der Waals surface area (Å²) in [6.45, 7) is 7.18. The molecule has 1 unspecified atom stereocenters. The van der Waals surface area contributed by atoms with Crippen LogP contribution < -0.4 is 5.32 Å². The minimum atomic E-state index is -0.847. The predicted molar refractivity (Wildman–Crippen MR) is 111 cm³/mol. The van der Waals surface area contributed by atoms with Crippen molar-refractivity contribution in [2.75, 3.05) is 13.2 Å². The quantitative estimate of drug-likeness (QED) is 0.755. The van der Waals surface area contributed by atoms with E-state index in [1.807, 2.05) is 27.0 Å². The monoisotopic (exact) mass is 433 g/mol. The molecule has 0 radical (unpaired) electrons. The lowest BCUT2D eigenvalue weighted by Crippen LogP contribution is -2.35. The molecule has 8 heteroatoms. The number of hydrogen-bond acceptors (Lipinski definition) is 4. The zero-order valence-corrected chi connectivity index (χ0v) is 18.2. The number of nitrogens with one attached hydrogen (secondary N) is 1. The van der Waals surface area contributed by atoms with E-state index in [-0.39, 0.29) is 17.9 Å². The molecule has 2 aliphatic rings. The average molecular weight is 433 g/mol. The van der Waals surface area contributed by atoms with Gasteiger partial charge >= 0.3 is 6.09 Å². The van der Waals surface area contributed by atoms with E-state index in [4.69, 9.17) is 9.47 Å². The summed E-state index contributed by atoms with van der Waals surface area (Å²) in [6.07, 6.45) is 3.30. The minimum Gasteiger partial charge on any atom is -0.444 e. The average Bonchev–Trinajstić information content (AvgIpc) is 3.31. The van der Waals surface area contributed by atoms with E-state index in [0.717, 1.165) is 18.2 Å². The number of amides is 1. The lowest BCUT2D eigenvalue weighted by atomic mass is 9.92. The number of nitrogens with zero attached hydrogens (tertiary/aromatic N) is 2. The van der Waals surface area contributed by atoms with Crippen molar-refractivity contribution in [1.82, 2.24) is 14.9 Å². The van der Waals surface area contributed by atoms with Gasteiger partial charge in [-0.05, 0) is 51.7 Å². The van der Waals surface area contributed by atoms with Gasteiger partial charge in [0.15, 0.2) is 11.6 Å². The van der Waals surface area contributed by atoms with Crippen molar-refractivity contribution in [3.05, 3.63) is 53.1 Å². The molecule has 31 heavy (non-hydrogen) atoms. The van der Waals surface area contributed by atoms with E-state index in [1.54, 1.807) is 6.07 Å². The lowest BCUT2D eigenvalue weighted by Gasteiger charge is -2.23. The molecule has 1 aromatic heterocycles. The van der Waals surface area contributed by atoms with Gasteiger partial charge in [-0.3, -0.25) is 0 Å². The fourth-order valence-electron chi connectivity index (χ4n) is 4.46. The maximum absolute atomic E-state index is 14.6. The number of aromatic nitrogens is 2. The maximum Gasteiger partial charge on any atom is 0.408 e. The molecule has 1 amide bonds. The first-order chi connectivity index (χ1) is 14.7. The highest BCUT2D eigenvalue weighted by Crippen LogP contribution is 2.37. The van der Waals surface area contributed by atoms with Crippen molar-refractivity contribution in [2.24, 2.45) is 0 Å². The molecule has 0 aliphatic carbocycles. The first-order valence-electron chi connectivity index (χ1n) is 10.8. The molecule has 0 spiro atoms. The highest BCUT2D eigenvalue weighted by Gasteiger charge is 2.33. The number of fused-ring (bicyclic) bond motifs is 1. The Hall–Kier alpha value is -2.48. The third-order valence-corrected chi connectivity index (χ3v) is 5.90. The molecule has 168 valence electrons. The van der Waals surface area contributed by atoms with Crippen LogP contribution in [0.25, 0.3) is 0 Å². The van der Waals surface area contributed by atoms with Gasteiger partial charge in [0.2, 0.25) is 0 Å². The Kier molecular flexibility index (Phi) is 6.01. The van der Waals surface area contributed by atoms with E-state index in [0.29, 0.717) is 44.0 Å². The zero-order valence-electron chi connectivity index (χ0n) is 18.2. The summed E-state index contributed by atoms with van der Waals surface area (Å²) in [5.41, 5.74) is 0.738. The molecular weight excluding hydrogens is 404 g/mol. The summed E-state index contributed by atoms with van der Waals surface area (Å²) in [4.78, 5) is 17.1. The number of ether oxygens (including phenoxy) is 2. The number of carbonyl (C=O) groups excluding carboxylic acids is 1. The predicted octanol–water partition coefficient (Wildman–Crippen LogP) is 4.81. The van der Waals surface area contributed by atoms with Crippen LogP contribution in [0, 0.1) is 11.6 Å². The number of benzene rings is 1. The first kappa shape index (κ1) is 21.7. The van der Waals surface area contributed by atoms with Gasteiger partial charge in [0.05, 0.1) is 12.6 Å². The number of halogens is 2. The van der Waals surface area contributed by atoms with Crippen molar-refractivity contribution in [1.29, 1.82) is 0 Å². The summed E-state index contributed by atoms with van der Waals surface area (Å²) in [5.74, 6) is -0.985. The molecule has 1 N–H and O–H groups in total. The molecule has 4 rings (SSSR count). The summed E-state index contributed by atoms with van der Waals surface area (Å²) >= 11 is 0. The number of alkyl carbamates (subject to hydrolysis) is 1. The van der Waals surface area contributed by atoms with Crippen LogP contribution in [-0.4, -0.2) is 34.5 Å². The van der Waals surface area contributed by atoms with E-state index in [2.05, 4.69) is 14.9 Å². The van der Waals surface area contributed by atoms with Gasteiger partial charge in [0.25, 0.3) is 0 Å². The molecule has 3 heterocycles. The van der Waals surface area contributed by atoms with E-state index >= 15 is 0 Å². The second kappa shape index (κ2) is 8.57. The van der Waals surface area contributed by atoms with Crippen molar-refractivity contribution in [2.45, 2.75) is 70.1 Å². The summed E-state index contributed by atoms with van der Waals surface area (Å²) in [5, 5.41) is 2.93. The standard InChI is InChI=1S/C23H29F2N3O3/c1-23(2,3)31-22(29)27-18-8-7-14(16-5-4-6-17(24)20(16)25)12-28-19(11-26-21(18)28)15-9-10-30-13-15/h4-6,11,14-15,18H,7-10,12-13H2,1-3H3,(H,27,29)/t14-,15?,18-/m1/s1. The highest BCUT2D eigenvalue weighted by molar-refractivity contribution is 5.68.